The number of halogens is 2. The van der Waals surface area contributed by atoms with Crippen LogP contribution in [0, 0.1) is 0 Å². The van der Waals surface area contributed by atoms with Crippen molar-refractivity contribution >= 4 is 39.5 Å². The monoisotopic (exact) mass is 416 g/mol. The summed E-state index contributed by atoms with van der Waals surface area (Å²) in [6.07, 6.45) is 0.983. The van der Waals surface area contributed by atoms with Gasteiger partial charge < -0.3 is 15.0 Å². The number of likely N-dealkylation sites (tertiary alicyclic amines) is 1. The maximum absolute atomic E-state index is 12.6. The summed E-state index contributed by atoms with van der Waals surface area (Å²) < 4.78 is 5.88. The smallest absolute Gasteiger partial charge is 0.407 e. The van der Waals surface area contributed by atoms with E-state index in [1.54, 1.807) is 23.1 Å². The maximum Gasteiger partial charge on any atom is 0.407 e. The van der Waals surface area contributed by atoms with Crippen molar-refractivity contribution in [3.05, 3.63) is 33.3 Å². The quantitative estimate of drug-likeness (QED) is 0.783. The molecule has 0 bridgehead atoms. The number of carbonyl (C=O) groups is 2. The predicted molar refractivity (Wildman–Crippen MR) is 97.4 cm³/mol. The van der Waals surface area contributed by atoms with Crippen LogP contribution < -0.4 is 5.32 Å². The maximum atomic E-state index is 12.6. The van der Waals surface area contributed by atoms with Gasteiger partial charge in [-0.25, -0.2) is 4.79 Å². The fraction of sp³-hybridized carbons (Fsp3) is 0.529. The van der Waals surface area contributed by atoms with Gasteiger partial charge in [-0.05, 0) is 61.7 Å². The lowest BCUT2D eigenvalue weighted by Crippen LogP contribution is -2.47. The topological polar surface area (TPSA) is 58.6 Å². The van der Waals surface area contributed by atoms with Crippen molar-refractivity contribution in [2.45, 2.75) is 45.3 Å². The summed E-state index contributed by atoms with van der Waals surface area (Å²) in [7, 11) is 0. The van der Waals surface area contributed by atoms with Crippen molar-refractivity contribution in [3.63, 3.8) is 0 Å². The van der Waals surface area contributed by atoms with Gasteiger partial charge in [0.05, 0.1) is 10.6 Å². The largest absolute Gasteiger partial charge is 0.444 e. The molecule has 0 aromatic heterocycles. The number of alkyl carbamates (subject to hydrolysis) is 1. The molecule has 0 aliphatic carbocycles. The molecule has 5 nitrogen and oxygen atoms in total. The molecule has 1 N–H and O–H groups in total. The summed E-state index contributed by atoms with van der Waals surface area (Å²) in [4.78, 5) is 26.2. The highest BCUT2D eigenvalue weighted by molar-refractivity contribution is 9.10. The molecule has 0 saturated carbocycles. The van der Waals surface area contributed by atoms with Crippen LogP contribution in [0.15, 0.2) is 22.7 Å². The Morgan fingerprint density at radius 2 is 1.92 bits per heavy atom. The van der Waals surface area contributed by atoms with E-state index in [-0.39, 0.29) is 11.9 Å². The Balaban J connectivity index is 1.89. The van der Waals surface area contributed by atoms with E-state index in [9.17, 15) is 9.59 Å². The Kier molecular flexibility index (Phi) is 6.15. The minimum Gasteiger partial charge on any atom is -0.444 e. The number of rotatable bonds is 2. The molecule has 1 saturated heterocycles. The summed E-state index contributed by atoms with van der Waals surface area (Å²) >= 11 is 9.42. The molecule has 2 amide bonds. The van der Waals surface area contributed by atoms with Gasteiger partial charge >= 0.3 is 6.09 Å². The highest BCUT2D eigenvalue weighted by atomic mass is 79.9. The molecular weight excluding hydrogens is 396 g/mol. The minimum atomic E-state index is -0.514. The van der Waals surface area contributed by atoms with E-state index in [0.29, 0.717) is 41.0 Å². The van der Waals surface area contributed by atoms with Crippen molar-refractivity contribution in [1.29, 1.82) is 0 Å². The summed E-state index contributed by atoms with van der Waals surface area (Å²) in [5, 5.41) is 3.38. The molecule has 1 aliphatic rings. The van der Waals surface area contributed by atoms with Crippen molar-refractivity contribution < 1.29 is 14.3 Å². The molecular formula is C17H22BrClN2O3. The van der Waals surface area contributed by atoms with Crippen LogP contribution in [0.5, 0.6) is 0 Å². The van der Waals surface area contributed by atoms with E-state index in [4.69, 9.17) is 16.3 Å². The molecule has 0 radical (unpaired) electrons. The summed E-state index contributed by atoms with van der Waals surface area (Å²) in [5.74, 6) is -0.0555. The minimum absolute atomic E-state index is 0.0201. The van der Waals surface area contributed by atoms with E-state index in [1.807, 2.05) is 20.8 Å². The average molecular weight is 418 g/mol. The van der Waals surface area contributed by atoms with Gasteiger partial charge in [0, 0.05) is 23.6 Å². The van der Waals surface area contributed by atoms with E-state index < -0.39 is 11.7 Å². The van der Waals surface area contributed by atoms with Crippen LogP contribution in [0.4, 0.5) is 4.79 Å². The van der Waals surface area contributed by atoms with Crippen LogP contribution in [0.1, 0.15) is 44.0 Å². The zero-order valence-corrected chi connectivity index (χ0v) is 16.4. The molecule has 0 atom stereocenters. The van der Waals surface area contributed by atoms with Crippen molar-refractivity contribution in [2.24, 2.45) is 0 Å². The number of benzene rings is 1. The third-order valence-electron chi connectivity index (χ3n) is 3.69. The summed E-state index contributed by atoms with van der Waals surface area (Å²) in [6, 6.07) is 5.27. The number of ether oxygens (including phenoxy) is 1. The van der Waals surface area contributed by atoms with Gasteiger partial charge in [0.1, 0.15) is 5.60 Å². The zero-order chi connectivity index (χ0) is 17.9. The standard InChI is InChI=1S/C17H22BrClN2O3/c1-17(2,3)24-16(23)20-11-7-9-21(10-8-11)15(22)12-5-4-6-13(19)14(12)18/h4-6,11H,7-10H2,1-3H3,(H,20,23). The Bertz CT molecular complexity index is 623. The molecule has 1 aromatic carbocycles. The van der Waals surface area contributed by atoms with Crippen molar-refractivity contribution in [1.82, 2.24) is 10.2 Å². The second-order valence-electron chi connectivity index (χ2n) is 6.81. The second kappa shape index (κ2) is 7.74. The first-order valence-electron chi connectivity index (χ1n) is 7.90. The van der Waals surface area contributed by atoms with Gasteiger partial charge in [-0.2, -0.15) is 0 Å². The molecule has 0 unspecified atom stereocenters. The Morgan fingerprint density at radius 1 is 1.29 bits per heavy atom. The first-order valence-corrected chi connectivity index (χ1v) is 9.07. The SMILES string of the molecule is CC(C)(C)OC(=O)NC1CCN(C(=O)c2cccc(Cl)c2Br)CC1. The molecule has 1 heterocycles. The number of nitrogens with one attached hydrogen (secondary N) is 1. The van der Waals surface area contributed by atoms with Crippen LogP contribution >= 0.6 is 27.5 Å². The van der Waals surface area contributed by atoms with E-state index in [2.05, 4.69) is 21.2 Å². The van der Waals surface area contributed by atoms with Crippen LogP contribution in [-0.4, -0.2) is 41.6 Å². The van der Waals surface area contributed by atoms with Crippen molar-refractivity contribution in [2.75, 3.05) is 13.1 Å². The molecule has 7 heteroatoms. The van der Waals surface area contributed by atoms with E-state index in [1.165, 1.54) is 0 Å². The highest BCUT2D eigenvalue weighted by Crippen LogP contribution is 2.27. The van der Waals surface area contributed by atoms with Gasteiger partial charge in [-0.1, -0.05) is 17.7 Å². The van der Waals surface area contributed by atoms with Crippen LogP contribution in [0.25, 0.3) is 0 Å². The Labute approximate surface area is 155 Å². The summed E-state index contributed by atoms with van der Waals surface area (Å²) in [5.41, 5.74) is 0.0422. The number of carbonyl (C=O) groups excluding carboxylic acids is 2. The lowest BCUT2D eigenvalue weighted by atomic mass is 10.0. The molecule has 1 fully saturated rings. The number of amides is 2. The lowest BCUT2D eigenvalue weighted by Gasteiger charge is -2.33. The third-order valence-corrected chi connectivity index (χ3v) is 5.08. The number of piperidine rings is 1. The van der Waals surface area contributed by atoms with Crippen LogP contribution in [0.3, 0.4) is 0 Å². The first-order chi connectivity index (χ1) is 11.2. The van der Waals surface area contributed by atoms with E-state index in [0.717, 1.165) is 0 Å². The molecule has 2 rings (SSSR count). The molecule has 132 valence electrons. The highest BCUT2D eigenvalue weighted by Gasteiger charge is 2.27. The average Bonchev–Trinajstić information content (AvgIpc) is 2.48. The first kappa shape index (κ1) is 19.1. The van der Waals surface area contributed by atoms with Gasteiger partial charge in [-0.3, -0.25) is 4.79 Å². The normalized spacial score (nSPS) is 16.0. The van der Waals surface area contributed by atoms with Crippen molar-refractivity contribution in [3.8, 4) is 0 Å². The lowest BCUT2D eigenvalue weighted by molar-refractivity contribution is 0.0473. The Hall–Kier alpha value is -1.27. The molecule has 1 aliphatic heterocycles. The van der Waals surface area contributed by atoms with Gasteiger partial charge in [0.2, 0.25) is 0 Å². The molecule has 24 heavy (non-hydrogen) atoms. The number of hydrogen-bond acceptors (Lipinski definition) is 3. The fourth-order valence-electron chi connectivity index (χ4n) is 2.54. The van der Waals surface area contributed by atoms with Crippen LogP contribution in [-0.2, 0) is 4.74 Å². The van der Waals surface area contributed by atoms with Gasteiger partial charge in [0.15, 0.2) is 0 Å². The second-order valence-corrected chi connectivity index (χ2v) is 8.01. The predicted octanol–water partition coefficient (Wildman–Crippen LogP) is 4.23. The van der Waals surface area contributed by atoms with Crippen LogP contribution in [0.2, 0.25) is 5.02 Å². The summed E-state index contributed by atoms with van der Waals surface area (Å²) in [6.45, 7) is 6.65. The number of nitrogens with zero attached hydrogens (tertiary/aromatic N) is 1. The molecule has 0 spiro atoms. The molecule has 1 aromatic rings. The fourth-order valence-corrected chi connectivity index (χ4v) is 3.15. The van der Waals surface area contributed by atoms with E-state index >= 15 is 0 Å². The zero-order valence-electron chi connectivity index (χ0n) is 14.1. The Morgan fingerprint density at radius 3 is 2.50 bits per heavy atom. The number of hydrogen-bond donors (Lipinski definition) is 1. The van der Waals surface area contributed by atoms with Gasteiger partial charge in [-0.15, -0.1) is 0 Å². The third kappa shape index (κ3) is 5.11. The van der Waals surface area contributed by atoms with Gasteiger partial charge in [0.25, 0.3) is 5.91 Å².